The van der Waals surface area contributed by atoms with Gasteiger partial charge in [0.2, 0.25) is 0 Å². The molecule has 0 unspecified atom stereocenters. The Morgan fingerprint density at radius 1 is 1.06 bits per heavy atom. The number of carbonyl (C=O) groups is 2. The zero-order chi connectivity index (χ0) is 24.2. The first kappa shape index (κ1) is 24.4. The van der Waals surface area contributed by atoms with Gasteiger partial charge in [0.25, 0.3) is 11.1 Å². The van der Waals surface area contributed by atoms with Gasteiger partial charge in [0.1, 0.15) is 12.4 Å². The van der Waals surface area contributed by atoms with Crippen LogP contribution in [0.2, 0.25) is 10.0 Å². The largest absolute Gasteiger partial charge is 0.488 e. The van der Waals surface area contributed by atoms with Crippen molar-refractivity contribution in [3.05, 3.63) is 102 Å². The van der Waals surface area contributed by atoms with Crippen LogP contribution >= 0.6 is 50.9 Å². The molecular formula is C25H15BrCl2N2O3S. The van der Waals surface area contributed by atoms with E-state index >= 15 is 0 Å². The molecule has 9 heteroatoms. The second-order valence-corrected chi connectivity index (χ2v) is 9.98. The summed E-state index contributed by atoms with van der Waals surface area (Å²) in [4.78, 5) is 27.0. The minimum absolute atomic E-state index is 0.0326. The van der Waals surface area contributed by atoms with Crippen molar-refractivity contribution in [3.8, 4) is 11.8 Å². The molecule has 3 aromatic carbocycles. The number of carbonyl (C=O) groups excluding carboxylic acids is 2. The fraction of sp³-hybridized carbons (Fsp3) is 0.0800. The molecule has 1 aliphatic heterocycles. The molecule has 170 valence electrons. The van der Waals surface area contributed by atoms with Crippen LogP contribution in [0, 0.1) is 11.3 Å². The fourth-order valence-electron chi connectivity index (χ4n) is 3.27. The van der Waals surface area contributed by atoms with Gasteiger partial charge in [-0.15, -0.1) is 0 Å². The van der Waals surface area contributed by atoms with Crippen molar-refractivity contribution in [2.24, 2.45) is 0 Å². The SMILES string of the molecule is N#Cc1ccccc1CN1C(=O)S/C(=C/c2cc(Br)ccc2OCc2ccc(Cl)c(Cl)c2)C1=O. The molecule has 1 heterocycles. The first-order valence-electron chi connectivity index (χ1n) is 9.95. The zero-order valence-corrected chi connectivity index (χ0v) is 21.3. The summed E-state index contributed by atoms with van der Waals surface area (Å²) in [6.07, 6.45) is 1.63. The molecule has 1 saturated heterocycles. The standard InChI is InChI=1S/C25H15BrCl2N2O3S/c26-19-6-8-22(33-14-15-5-7-20(27)21(28)9-15)18(10-19)11-23-24(31)30(25(32)34-23)13-17-4-2-1-3-16(17)12-29/h1-11H,13-14H2/b23-11+. The number of nitrogens with zero attached hydrogens (tertiary/aromatic N) is 2. The summed E-state index contributed by atoms with van der Waals surface area (Å²) >= 11 is 16.4. The quantitative estimate of drug-likeness (QED) is 0.286. The van der Waals surface area contributed by atoms with E-state index in [1.54, 1.807) is 48.5 Å². The Morgan fingerprint density at radius 3 is 2.62 bits per heavy atom. The summed E-state index contributed by atoms with van der Waals surface area (Å²) in [6, 6.07) is 19.6. The summed E-state index contributed by atoms with van der Waals surface area (Å²) in [5, 5.41) is 9.81. The predicted octanol–water partition coefficient (Wildman–Crippen LogP) is 7.44. The number of benzene rings is 3. The first-order valence-corrected chi connectivity index (χ1v) is 12.3. The first-order chi connectivity index (χ1) is 16.4. The summed E-state index contributed by atoms with van der Waals surface area (Å²) in [6.45, 7) is 0.274. The summed E-state index contributed by atoms with van der Waals surface area (Å²) in [5.74, 6) is 0.119. The Hall–Kier alpha value is -2.76. The molecular weight excluding hydrogens is 559 g/mol. The highest BCUT2D eigenvalue weighted by atomic mass is 79.9. The van der Waals surface area contributed by atoms with Crippen molar-refractivity contribution < 1.29 is 14.3 Å². The number of amides is 2. The van der Waals surface area contributed by atoms with Gasteiger partial charge in [-0.2, -0.15) is 5.26 Å². The molecule has 5 nitrogen and oxygen atoms in total. The van der Waals surface area contributed by atoms with E-state index in [1.807, 2.05) is 18.2 Å². The number of ether oxygens (including phenoxy) is 1. The highest BCUT2D eigenvalue weighted by molar-refractivity contribution is 9.10. The molecule has 1 fully saturated rings. The Bertz CT molecular complexity index is 1370. The molecule has 2 amide bonds. The van der Waals surface area contributed by atoms with Crippen molar-refractivity contribution in [3.63, 3.8) is 0 Å². The predicted molar refractivity (Wildman–Crippen MR) is 138 cm³/mol. The molecule has 3 aromatic rings. The fourth-order valence-corrected chi connectivity index (χ4v) is 4.80. The topological polar surface area (TPSA) is 70.4 Å². The maximum Gasteiger partial charge on any atom is 0.293 e. The Labute approximate surface area is 219 Å². The Balaban J connectivity index is 1.57. The van der Waals surface area contributed by atoms with Crippen LogP contribution < -0.4 is 4.74 Å². The van der Waals surface area contributed by atoms with Gasteiger partial charge < -0.3 is 4.74 Å². The number of imide groups is 1. The van der Waals surface area contributed by atoms with Gasteiger partial charge in [0.15, 0.2) is 0 Å². The van der Waals surface area contributed by atoms with E-state index in [2.05, 4.69) is 22.0 Å². The lowest BCUT2D eigenvalue weighted by atomic mass is 10.1. The minimum atomic E-state index is -0.418. The maximum absolute atomic E-state index is 13.0. The summed E-state index contributed by atoms with van der Waals surface area (Å²) in [5.41, 5.74) is 2.51. The van der Waals surface area contributed by atoms with Crippen LogP contribution in [0.5, 0.6) is 5.75 Å². The van der Waals surface area contributed by atoms with Crippen molar-refractivity contribution in [2.75, 3.05) is 0 Å². The molecule has 34 heavy (non-hydrogen) atoms. The average Bonchev–Trinajstić information content (AvgIpc) is 3.08. The van der Waals surface area contributed by atoms with Crippen LogP contribution in [0.4, 0.5) is 4.79 Å². The highest BCUT2D eigenvalue weighted by Crippen LogP contribution is 2.36. The van der Waals surface area contributed by atoms with E-state index in [4.69, 9.17) is 27.9 Å². The van der Waals surface area contributed by atoms with E-state index in [1.165, 1.54) is 0 Å². The molecule has 0 saturated carbocycles. The number of rotatable bonds is 6. The molecule has 0 aliphatic carbocycles. The van der Waals surface area contributed by atoms with Crippen molar-refractivity contribution in [1.29, 1.82) is 5.26 Å². The lowest BCUT2D eigenvalue weighted by Crippen LogP contribution is -2.27. The van der Waals surface area contributed by atoms with Crippen LogP contribution in [0.25, 0.3) is 6.08 Å². The van der Waals surface area contributed by atoms with Gasteiger partial charge in [0, 0.05) is 10.0 Å². The van der Waals surface area contributed by atoms with Crippen LogP contribution in [0.1, 0.15) is 22.3 Å². The van der Waals surface area contributed by atoms with Crippen molar-refractivity contribution in [2.45, 2.75) is 13.2 Å². The molecule has 0 aromatic heterocycles. The number of halogens is 3. The highest BCUT2D eigenvalue weighted by Gasteiger charge is 2.35. The van der Waals surface area contributed by atoms with E-state index in [0.29, 0.717) is 32.5 Å². The monoisotopic (exact) mass is 572 g/mol. The van der Waals surface area contributed by atoms with Crippen molar-refractivity contribution in [1.82, 2.24) is 4.90 Å². The number of thioether (sulfide) groups is 1. The molecule has 4 rings (SSSR count). The van der Waals surface area contributed by atoms with Crippen LogP contribution in [-0.2, 0) is 17.9 Å². The summed E-state index contributed by atoms with van der Waals surface area (Å²) < 4.78 is 6.77. The van der Waals surface area contributed by atoms with Gasteiger partial charge in [-0.1, -0.05) is 63.4 Å². The normalized spacial score (nSPS) is 14.5. The molecule has 0 atom stereocenters. The van der Waals surface area contributed by atoms with Crippen LogP contribution in [0.3, 0.4) is 0 Å². The van der Waals surface area contributed by atoms with Crippen molar-refractivity contribution >= 4 is 68.1 Å². The van der Waals surface area contributed by atoms with E-state index in [0.717, 1.165) is 26.7 Å². The smallest absolute Gasteiger partial charge is 0.293 e. The number of hydrogen-bond donors (Lipinski definition) is 0. The Kier molecular flexibility index (Phi) is 7.64. The van der Waals surface area contributed by atoms with Crippen LogP contribution in [0.15, 0.2) is 70.0 Å². The van der Waals surface area contributed by atoms with Crippen LogP contribution in [-0.4, -0.2) is 16.0 Å². The molecule has 0 radical (unpaired) electrons. The average molecular weight is 574 g/mol. The lowest BCUT2D eigenvalue weighted by molar-refractivity contribution is -0.123. The zero-order valence-electron chi connectivity index (χ0n) is 17.4. The maximum atomic E-state index is 13.0. The second-order valence-electron chi connectivity index (χ2n) is 7.26. The van der Waals surface area contributed by atoms with Gasteiger partial charge in [0.05, 0.1) is 33.1 Å². The van der Waals surface area contributed by atoms with Gasteiger partial charge in [-0.3, -0.25) is 14.5 Å². The molecule has 0 spiro atoms. The molecule has 1 aliphatic rings. The van der Waals surface area contributed by atoms with E-state index in [-0.39, 0.29) is 18.1 Å². The molecule has 0 bridgehead atoms. The Morgan fingerprint density at radius 2 is 1.85 bits per heavy atom. The third-order valence-corrected chi connectivity index (χ3v) is 7.12. The third kappa shape index (κ3) is 5.48. The van der Waals surface area contributed by atoms with Gasteiger partial charge in [-0.05, 0) is 65.4 Å². The summed E-state index contributed by atoms with van der Waals surface area (Å²) in [7, 11) is 0. The van der Waals surface area contributed by atoms with Gasteiger partial charge in [-0.25, -0.2) is 0 Å². The third-order valence-electron chi connectivity index (χ3n) is 4.98. The molecule has 0 N–H and O–H groups in total. The second kappa shape index (κ2) is 10.7. The number of nitriles is 1. The van der Waals surface area contributed by atoms with Gasteiger partial charge >= 0.3 is 0 Å². The number of hydrogen-bond acceptors (Lipinski definition) is 5. The van der Waals surface area contributed by atoms with E-state index < -0.39 is 11.1 Å². The lowest BCUT2D eigenvalue weighted by Gasteiger charge is -2.13. The van der Waals surface area contributed by atoms with E-state index in [9.17, 15) is 14.9 Å². The minimum Gasteiger partial charge on any atom is -0.488 e.